The quantitative estimate of drug-likeness (QED) is 0.134. The first-order valence-corrected chi connectivity index (χ1v) is 14.5. The van der Waals surface area contributed by atoms with Gasteiger partial charge in [0.15, 0.2) is 5.78 Å². The van der Waals surface area contributed by atoms with Crippen molar-refractivity contribution in [2.24, 2.45) is 10.8 Å². The molecule has 0 saturated carbocycles. The average Bonchev–Trinajstić information content (AvgIpc) is 3.28. The molecule has 0 bridgehead atoms. The summed E-state index contributed by atoms with van der Waals surface area (Å²) in [5, 5.41) is 0.557. The summed E-state index contributed by atoms with van der Waals surface area (Å²) in [5.41, 5.74) is 1.16. The van der Waals surface area contributed by atoms with E-state index in [1.54, 1.807) is 41.8 Å². The van der Waals surface area contributed by atoms with Crippen LogP contribution in [-0.2, 0) is 22.6 Å². The average molecular weight is 609 g/mol. The van der Waals surface area contributed by atoms with Crippen LogP contribution in [0.1, 0.15) is 78.6 Å². The van der Waals surface area contributed by atoms with Crippen LogP contribution >= 0.6 is 23.2 Å². The van der Waals surface area contributed by atoms with Crippen LogP contribution in [0.25, 0.3) is 5.52 Å². The molecule has 0 spiro atoms. The molecule has 2 aromatic carbocycles. The number of aromatic nitrogens is 1. The van der Waals surface area contributed by atoms with E-state index in [-0.39, 0.29) is 28.7 Å². The molecule has 1 atom stereocenters. The second-order valence-corrected chi connectivity index (χ2v) is 12.5. The fourth-order valence-corrected chi connectivity index (χ4v) is 5.21. The molecular formula is C34H35Cl2NO5. The Hall–Kier alpha value is -3.61. The highest BCUT2D eigenvalue weighted by Crippen LogP contribution is 2.39. The zero-order valence-corrected chi connectivity index (χ0v) is 26.2. The van der Waals surface area contributed by atoms with Crippen LogP contribution in [0.4, 0.5) is 0 Å². The Morgan fingerprint density at radius 2 is 1.60 bits per heavy atom. The lowest BCUT2D eigenvalue weighted by Crippen LogP contribution is -2.32. The van der Waals surface area contributed by atoms with Gasteiger partial charge in [-0.15, -0.1) is 0 Å². The van der Waals surface area contributed by atoms with Crippen molar-refractivity contribution in [1.29, 1.82) is 0 Å². The SMILES string of the molecule is CCC(C)(Cc1c(C(=O)C(C)(C)C)c2cc(OCc3ccccc3)ccn2c1C(=O)c1ccc(Cl)c(Cl)c1)C(=O)OC. The van der Waals surface area contributed by atoms with E-state index in [2.05, 4.69) is 0 Å². The van der Waals surface area contributed by atoms with E-state index in [1.165, 1.54) is 13.2 Å². The van der Waals surface area contributed by atoms with Crippen molar-refractivity contribution < 1.29 is 23.9 Å². The predicted molar refractivity (Wildman–Crippen MR) is 166 cm³/mol. The Morgan fingerprint density at radius 3 is 2.19 bits per heavy atom. The molecule has 42 heavy (non-hydrogen) atoms. The molecule has 0 aliphatic carbocycles. The van der Waals surface area contributed by atoms with Crippen molar-refractivity contribution in [3.05, 3.63) is 105 Å². The zero-order chi connectivity index (χ0) is 30.8. The molecule has 0 saturated heterocycles. The number of pyridine rings is 1. The van der Waals surface area contributed by atoms with Gasteiger partial charge < -0.3 is 13.9 Å². The lowest BCUT2D eigenvalue weighted by Gasteiger charge is -2.26. The first-order valence-electron chi connectivity index (χ1n) is 13.8. The Balaban J connectivity index is 2.00. The number of hydrogen-bond acceptors (Lipinski definition) is 5. The van der Waals surface area contributed by atoms with Crippen LogP contribution < -0.4 is 4.74 Å². The van der Waals surface area contributed by atoms with Gasteiger partial charge in [0.2, 0.25) is 5.78 Å². The van der Waals surface area contributed by atoms with Crippen LogP contribution in [0.3, 0.4) is 0 Å². The Bertz CT molecular complexity index is 1650. The van der Waals surface area contributed by atoms with Gasteiger partial charge in [-0.2, -0.15) is 0 Å². The monoisotopic (exact) mass is 607 g/mol. The number of carbonyl (C=O) groups is 3. The highest BCUT2D eigenvalue weighted by atomic mass is 35.5. The van der Waals surface area contributed by atoms with Crippen molar-refractivity contribution >= 4 is 46.3 Å². The smallest absolute Gasteiger partial charge is 0.311 e. The molecule has 0 N–H and O–H groups in total. The van der Waals surface area contributed by atoms with Crippen molar-refractivity contribution in [1.82, 2.24) is 4.40 Å². The maximum absolute atomic E-state index is 14.3. The maximum Gasteiger partial charge on any atom is 0.311 e. The second kappa shape index (κ2) is 12.3. The summed E-state index contributed by atoms with van der Waals surface area (Å²) in [6.07, 6.45) is 2.27. The third kappa shape index (κ3) is 6.25. The number of methoxy groups -OCH3 is 1. The number of Topliss-reactive ketones (excluding diaryl/α,β-unsaturated/α-hetero) is 1. The zero-order valence-electron chi connectivity index (χ0n) is 24.7. The summed E-state index contributed by atoms with van der Waals surface area (Å²) in [5.74, 6) is -0.396. The van der Waals surface area contributed by atoms with Crippen LogP contribution in [0.5, 0.6) is 5.75 Å². The molecule has 2 aromatic heterocycles. The summed E-state index contributed by atoms with van der Waals surface area (Å²) in [6.45, 7) is 9.50. The number of benzene rings is 2. The number of hydrogen-bond donors (Lipinski definition) is 0. The first-order chi connectivity index (χ1) is 19.8. The fraction of sp³-hybridized carbons (Fsp3) is 0.324. The molecule has 1 unspecified atom stereocenters. The number of fused-ring (bicyclic) bond motifs is 1. The van der Waals surface area contributed by atoms with Gasteiger partial charge in [-0.25, -0.2) is 0 Å². The molecule has 6 nitrogen and oxygen atoms in total. The van der Waals surface area contributed by atoms with E-state index in [1.807, 2.05) is 58.0 Å². The minimum Gasteiger partial charge on any atom is -0.489 e. The summed E-state index contributed by atoms with van der Waals surface area (Å²) in [4.78, 5) is 41.4. The molecule has 0 aliphatic heterocycles. The Kier molecular flexibility index (Phi) is 9.19. The van der Waals surface area contributed by atoms with Crippen LogP contribution in [-0.4, -0.2) is 29.0 Å². The van der Waals surface area contributed by atoms with Crippen molar-refractivity contribution in [2.45, 2.75) is 54.1 Å². The third-order valence-corrected chi connectivity index (χ3v) is 8.33. The molecule has 0 radical (unpaired) electrons. The predicted octanol–water partition coefficient (Wildman–Crippen LogP) is 8.42. The van der Waals surface area contributed by atoms with Gasteiger partial charge in [-0.1, -0.05) is 81.2 Å². The van der Waals surface area contributed by atoms with Crippen molar-refractivity contribution in [2.75, 3.05) is 7.11 Å². The molecule has 4 rings (SSSR count). The first kappa shape index (κ1) is 31.3. The normalized spacial score (nSPS) is 13.0. The van der Waals surface area contributed by atoms with Crippen molar-refractivity contribution in [3.63, 3.8) is 0 Å². The molecule has 4 aromatic rings. The third-order valence-electron chi connectivity index (χ3n) is 7.59. The number of halogens is 2. The van der Waals surface area contributed by atoms with Gasteiger partial charge in [0.1, 0.15) is 12.4 Å². The molecular weight excluding hydrogens is 573 g/mol. The van der Waals surface area contributed by atoms with Crippen molar-refractivity contribution in [3.8, 4) is 5.75 Å². The largest absolute Gasteiger partial charge is 0.489 e. The molecule has 0 aliphatic rings. The maximum atomic E-state index is 14.3. The standard InChI is InChI=1S/C34H35Cl2NO5/c1-7-34(5,32(40)41-6)19-24-28(31(39)33(2,3)4)27-18-23(42-20-21-11-9-8-10-12-21)15-16-37(27)29(24)30(38)22-13-14-25(35)26(36)17-22/h8-18H,7,19-20H2,1-6H3. The lowest BCUT2D eigenvalue weighted by atomic mass is 9.77. The number of rotatable bonds is 10. The molecule has 220 valence electrons. The molecule has 8 heteroatoms. The second-order valence-electron chi connectivity index (χ2n) is 11.7. The van der Waals surface area contributed by atoms with E-state index in [4.69, 9.17) is 32.7 Å². The number of carbonyl (C=O) groups excluding carboxylic acids is 3. The minimum absolute atomic E-state index is 0.109. The van der Waals surface area contributed by atoms with Gasteiger partial charge in [0.25, 0.3) is 0 Å². The summed E-state index contributed by atoms with van der Waals surface area (Å²) < 4.78 is 13.0. The molecule has 0 fully saturated rings. The lowest BCUT2D eigenvalue weighted by molar-refractivity contribution is -0.151. The Morgan fingerprint density at radius 1 is 0.905 bits per heavy atom. The van der Waals surface area contributed by atoms with E-state index >= 15 is 0 Å². The van der Waals surface area contributed by atoms with E-state index in [0.717, 1.165) is 5.56 Å². The molecule has 0 amide bonds. The summed E-state index contributed by atoms with van der Waals surface area (Å²) in [6, 6.07) is 18.0. The van der Waals surface area contributed by atoms with E-state index < -0.39 is 16.8 Å². The van der Waals surface area contributed by atoms with Gasteiger partial charge in [0, 0.05) is 28.8 Å². The highest BCUT2D eigenvalue weighted by Gasteiger charge is 2.39. The highest BCUT2D eigenvalue weighted by molar-refractivity contribution is 6.42. The molecule has 2 heterocycles. The van der Waals surface area contributed by atoms with Gasteiger partial charge in [0.05, 0.1) is 33.8 Å². The summed E-state index contributed by atoms with van der Waals surface area (Å²) in [7, 11) is 1.34. The Labute approximate surface area is 256 Å². The van der Waals surface area contributed by atoms with Gasteiger partial charge in [-0.3, -0.25) is 14.4 Å². The van der Waals surface area contributed by atoms with E-state index in [0.29, 0.717) is 46.0 Å². The number of ether oxygens (including phenoxy) is 2. The number of ketones is 2. The van der Waals surface area contributed by atoms with Crippen LogP contribution in [0.15, 0.2) is 66.9 Å². The van der Waals surface area contributed by atoms with Gasteiger partial charge >= 0.3 is 5.97 Å². The number of esters is 1. The topological polar surface area (TPSA) is 74.1 Å². The number of nitrogens with zero attached hydrogens (tertiary/aromatic N) is 1. The summed E-state index contributed by atoms with van der Waals surface area (Å²) >= 11 is 12.4. The van der Waals surface area contributed by atoms with Crippen LogP contribution in [0.2, 0.25) is 10.0 Å². The van der Waals surface area contributed by atoms with Gasteiger partial charge in [-0.05, 0) is 55.2 Å². The van der Waals surface area contributed by atoms with E-state index in [9.17, 15) is 14.4 Å². The van der Waals surface area contributed by atoms with Crippen LogP contribution in [0, 0.1) is 10.8 Å². The minimum atomic E-state index is -0.994. The fourth-order valence-electron chi connectivity index (χ4n) is 4.92.